The van der Waals surface area contributed by atoms with Gasteiger partial charge in [-0.3, -0.25) is 0 Å². The number of urea groups is 1. The third-order valence-corrected chi connectivity index (χ3v) is 4.34. The molecule has 98 valence electrons. The van der Waals surface area contributed by atoms with Crippen molar-refractivity contribution in [3.05, 3.63) is 0 Å². The van der Waals surface area contributed by atoms with E-state index >= 15 is 0 Å². The molecule has 2 unspecified atom stereocenters. The van der Waals surface area contributed by atoms with Crippen LogP contribution in [-0.4, -0.2) is 36.6 Å². The highest BCUT2D eigenvalue weighted by molar-refractivity contribution is 5.74. The van der Waals surface area contributed by atoms with Crippen molar-refractivity contribution in [2.75, 3.05) is 19.6 Å². The standard InChI is InChI=1S/C13H25N3O/c1-10-5-7-16(8-6-10)13(17)15-12-4-2-3-11(12)9-14/h10-12H,2-9,14H2,1H3,(H,15,17). The Morgan fingerprint density at radius 3 is 2.65 bits per heavy atom. The lowest BCUT2D eigenvalue weighted by Gasteiger charge is -2.32. The van der Waals surface area contributed by atoms with Gasteiger partial charge in [-0.2, -0.15) is 0 Å². The maximum Gasteiger partial charge on any atom is 0.317 e. The first-order chi connectivity index (χ1) is 8.20. The van der Waals surface area contributed by atoms with Gasteiger partial charge in [0.15, 0.2) is 0 Å². The van der Waals surface area contributed by atoms with Crippen LogP contribution in [0.5, 0.6) is 0 Å². The fourth-order valence-corrected chi connectivity index (χ4v) is 2.97. The summed E-state index contributed by atoms with van der Waals surface area (Å²) >= 11 is 0. The van der Waals surface area contributed by atoms with Gasteiger partial charge in [-0.1, -0.05) is 13.3 Å². The number of nitrogens with two attached hydrogens (primary N) is 1. The van der Waals surface area contributed by atoms with Crippen LogP contribution in [0.2, 0.25) is 0 Å². The lowest BCUT2D eigenvalue weighted by molar-refractivity contribution is 0.168. The van der Waals surface area contributed by atoms with Gasteiger partial charge in [0.1, 0.15) is 0 Å². The highest BCUT2D eigenvalue weighted by Crippen LogP contribution is 2.25. The van der Waals surface area contributed by atoms with Crippen molar-refractivity contribution in [3.63, 3.8) is 0 Å². The molecular formula is C13H25N3O. The van der Waals surface area contributed by atoms with Crippen LogP contribution in [0.15, 0.2) is 0 Å². The summed E-state index contributed by atoms with van der Waals surface area (Å²) < 4.78 is 0. The van der Waals surface area contributed by atoms with Gasteiger partial charge in [-0.15, -0.1) is 0 Å². The molecule has 0 radical (unpaired) electrons. The molecule has 17 heavy (non-hydrogen) atoms. The minimum absolute atomic E-state index is 0.127. The van der Waals surface area contributed by atoms with Crippen molar-refractivity contribution in [2.24, 2.45) is 17.6 Å². The zero-order valence-electron chi connectivity index (χ0n) is 10.8. The van der Waals surface area contributed by atoms with E-state index in [1.165, 1.54) is 12.8 Å². The van der Waals surface area contributed by atoms with E-state index in [1.807, 2.05) is 4.90 Å². The predicted molar refractivity (Wildman–Crippen MR) is 68.7 cm³/mol. The van der Waals surface area contributed by atoms with Gasteiger partial charge in [-0.05, 0) is 44.1 Å². The van der Waals surface area contributed by atoms with Crippen LogP contribution < -0.4 is 11.1 Å². The zero-order chi connectivity index (χ0) is 12.3. The van der Waals surface area contributed by atoms with Gasteiger partial charge in [0, 0.05) is 19.1 Å². The van der Waals surface area contributed by atoms with E-state index in [9.17, 15) is 4.79 Å². The fraction of sp³-hybridized carbons (Fsp3) is 0.923. The molecule has 2 fully saturated rings. The minimum Gasteiger partial charge on any atom is -0.335 e. The largest absolute Gasteiger partial charge is 0.335 e. The summed E-state index contributed by atoms with van der Waals surface area (Å²) in [7, 11) is 0. The molecular weight excluding hydrogens is 214 g/mol. The number of amides is 2. The molecule has 1 aliphatic carbocycles. The van der Waals surface area contributed by atoms with Gasteiger partial charge in [0.2, 0.25) is 0 Å². The Morgan fingerprint density at radius 2 is 2.00 bits per heavy atom. The topological polar surface area (TPSA) is 58.4 Å². The lowest BCUT2D eigenvalue weighted by Crippen LogP contribution is -2.49. The first kappa shape index (κ1) is 12.7. The van der Waals surface area contributed by atoms with Crippen molar-refractivity contribution in [1.82, 2.24) is 10.2 Å². The molecule has 1 heterocycles. The Bertz CT molecular complexity index is 261. The van der Waals surface area contributed by atoms with Crippen LogP contribution in [0, 0.1) is 11.8 Å². The molecule has 2 aliphatic rings. The molecule has 0 spiro atoms. The Labute approximate surface area is 104 Å². The molecule has 4 heteroatoms. The summed E-state index contributed by atoms with van der Waals surface area (Å²) in [5.74, 6) is 1.25. The monoisotopic (exact) mass is 239 g/mol. The number of nitrogens with zero attached hydrogens (tertiary/aromatic N) is 1. The summed E-state index contributed by atoms with van der Waals surface area (Å²) in [6.45, 7) is 4.78. The summed E-state index contributed by atoms with van der Waals surface area (Å²) in [4.78, 5) is 14.1. The molecule has 0 bridgehead atoms. The Balaban J connectivity index is 1.80. The summed E-state index contributed by atoms with van der Waals surface area (Å²) in [6, 6.07) is 0.439. The van der Waals surface area contributed by atoms with Crippen molar-refractivity contribution >= 4 is 6.03 Å². The number of nitrogens with one attached hydrogen (secondary N) is 1. The number of hydrogen-bond acceptors (Lipinski definition) is 2. The Kier molecular flexibility index (Phi) is 4.26. The van der Waals surface area contributed by atoms with E-state index in [-0.39, 0.29) is 6.03 Å². The highest BCUT2D eigenvalue weighted by atomic mass is 16.2. The van der Waals surface area contributed by atoms with E-state index in [0.717, 1.165) is 38.3 Å². The van der Waals surface area contributed by atoms with Gasteiger partial charge in [0.25, 0.3) is 0 Å². The van der Waals surface area contributed by atoms with Gasteiger partial charge in [-0.25, -0.2) is 4.79 Å². The van der Waals surface area contributed by atoms with Gasteiger partial charge >= 0.3 is 6.03 Å². The van der Waals surface area contributed by atoms with Crippen LogP contribution in [0.25, 0.3) is 0 Å². The normalized spacial score (nSPS) is 30.6. The number of rotatable bonds is 2. The molecule has 3 N–H and O–H groups in total. The molecule has 0 aromatic rings. The van der Waals surface area contributed by atoms with Gasteiger partial charge < -0.3 is 16.0 Å². The molecule has 2 amide bonds. The van der Waals surface area contributed by atoms with Crippen molar-refractivity contribution in [1.29, 1.82) is 0 Å². The van der Waals surface area contributed by atoms with E-state index in [0.29, 0.717) is 18.5 Å². The second kappa shape index (κ2) is 5.71. The first-order valence-corrected chi connectivity index (χ1v) is 6.96. The van der Waals surface area contributed by atoms with Crippen molar-refractivity contribution in [3.8, 4) is 0 Å². The number of piperidine rings is 1. The maximum absolute atomic E-state index is 12.1. The zero-order valence-corrected chi connectivity index (χ0v) is 10.8. The molecule has 2 atom stereocenters. The van der Waals surface area contributed by atoms with Crippen LogP contribution in [0.1, 0.15) is 39.0 Å². The second-order valence-electron chi connectivity index (χ2n) is 5.65. The molecule has 0 aromatic heterocycles. The molecule has 1 saturated heterocycles. The van der Waals surface area contributed by atoms with E-state index in [2.05, 4.69) is 12.2 Å². The number of likely N-dealkylation sites (tertiary alicyclic amines) is 1. The molecule has 1 aliphatic heterocycles. The van der Waals surface area contributed by atoms with Crippen molar-refractivity contribution in [2.45, 2.75) is 45.1 Å². The smallest absolute Gasteiger partial charge is 0.317 e. The molecule has 1 saturated carbocycles. The molecule has 0 aromatic carbocycles. The predicted octanol–water partition coefficient (Wildman–Crippen LogP) is 1.56. The third-order valence-electron chi connectivity index (χ3n) is 4.34. The number of hydrogen-bond donors (Lipinski definition) is 2. The molecule has 2 rings (SSSR count). The fourth-order valence-electron chi connectivity index (χ4n) is 2.97. The van der Waals surface area contributed by atoms with E-state index in [1.54, 1.807) is 0 Å². The number of carbonyl (C=O) groups excluding carboxylic acids is 1. The second-order valence-corrected chi connectivity index (χ2v) is 5.65. The van der Waals surface area contributed by atoms with Crippen LogP contribution in [-0.2, 0) is 0 Å². The average Bonchev–Trinajstić information content (AvgIpc) is 2.77. The average molecular weight is 239 g/mol. The molecule has 4 nitrogen and oxygen atoms in total. The Hall–Kier alpha value is -0.770. The van der Waals surface area contributed by atoms with E-state index < -0.39 is 0 Å². The maximum atomic E-state index is 12.1. The highest BCUT2D eigenvalue weighted by Gasteiger charge is 2.29. The van der Waals surface area contributed by atoms with Crippen LogP contribution in [0.4, 0.5) is 4.79 Å². The third kappa shape index (κ3) is 3.12. The summed E-state index contributed by atoms with van der Waals surface area (Å²) in [6.07, 6.45) is 5.73. The summed E-state index contributed by atoms with van der Waals surface area (Å²) in [5.41, 5.74) is 5.73. The van der Waals surface area contributed by atoms with Gasteiger partial charge in [0.05, 0.1) is 0 Å². The SMILES string of the molecule is CC1CCN(C(=O)NC2CCCC2CN)CC1. The minimum atomic E-state index is 0.127. The lowest BCUT2D eigenvalue weighted by atomic mass is 9.99. The van der Waals surface area contributed by atoms with Crippen LogP contribution in [0.3, 0.4) is 0 Å². The first-order valence-electron chi connectivity index (χ1n) is 6.96. The summed E-state index contributed by atoms with van der Waals surface area (Å²) in [5, 5.41) is 3.17. The number of carbonyl (C=O) groups is 1. The van der Waals surface area contributed by atoms with Crippen LogP contribution >= 0.6 is 0 Å². The van der Waals surface area contributed by atoms with Crippen molar-refractivity contribution < 1.29 is 4.79 Å². The quantitative estimate of drug-likeness (QED) is 0.768. The Morgan fingerprint density at radius 1 is 1.29 bits per heavy atom. The van der Waals surface area contributed by atoms with E-state index in [4.69, 9.17) is 5.73 Å².